The van der Waals surface area contributed by atoms with Gasteiger partial charge in [0.05, 0.1) is 9.82 Å². The number of para-hydroxylation sites is 1. The van der Waals surface area contributed by atoms with Crippen molar-refractivity contribution < 1.29 is 22.9 Å². The Morgan fingerprint density at radius 3 is 2.42 bits per heavy atom. The number of nitro groups is 1. The number of non-ortho nitro benzene ring substituents is 1. The normalized spacial score (nSPS) is 13.1. The van der Waals surface area contributed by atoms with Gasteiger partial charge >= 0.3 is 5.97 Å². The Morgan fingerprint density at radius 2 is 1.81 bits per heavy atom. The van der Waals surface area contributed by atoms with E-state index in [1.165, 1.54) is 0 Å². The van der Waals surface area contributed by atoms with Crippen molar-refractivity contribution in [2.24, 2.45) is 0 Å². The average molecular weight is 445 g/mol. The smallest absolute Gasteiger partial charge is 0.325 e. The van der Waals surface area contributed by atoms with Crippen LogP contribution in [0.5, 0.6) is 0 Å². The number of aromatic amines is 1. The zero-order valence-electron chi connectivity index (χ0n) is 17.3. The number of rotatable bonds is 7. The van der Waals surface area contributed by atoms with E-state index in [9.17, 15) is 23.3 Å². The molecule has 1 heterocycles. The minimum atomic E-state index is -4.14. The average Bonchev–Trinajstić information content (AvgIpc) is 3.09. The zero-order valence-corrected chi connectivity index (χ0v) is 18.1. The van der Waals surface area contributed by atoms with E-state index >= 15 is 0 Å². The molecule has 0 aliphatic carbocycles. The van der Waals surface area contributed by atoms with Crippen molar-refractivity contribution in [3.05, 3.63) is 70.4 Å². The van der Waals surface area contributed by atoms with Gasteiger partial charge in [-0.2, -0.15) is 4.72 Å². The first-order valence-electron chi connectivity index (χ1n) is 9.51. The number of hydrogen-bond acceptors (Lipinski definition) is 6. The molecule has 0 radical (unpaired) electrons. The van der Waals surface area contributed by atoms with Crippen molar-refractivity contribution in [3.8, 4) is 0 Å². The van der Waals surface area contributed by atoms with Crippen molar-refractivity contribution in [1.29, 1.82) is 0 Å². The Balaban J connectivity index is 1.91. The number of nitrogens with zero attached hydrogens (tertiary/aromatic N) is 1. The van der Waals surface area contributed by atoms with E-state index in [4.69, 9.17) is 4.74 Å². The van der Waals surface area contributed by atoms with E-state index in [1.54, 1.807) is 27.0 Å². The summed E-state index contributed by atoms with van der Waals surface area (Å²) in [7, 11) is -4.14. The lowest BCUT2D eigenvalue weighted by molar-refractivity contribution is -0.384. The van der Waals surface area contributed by atoms with Crippen LogP contribution in [0, 0.1) is 10.1 Å². The summed E-state index contributed by atoms with van der Waals surface area (Å²) in [5.41, 5.74) is 0.562. The summed E-state index contributed by atoms with van der Waals surface area (Å²) in [6, 6.07) is 10.7. The predicted octanol–water partition coefficient (Wildman–Crippen LogP) is 3.31. The number of H-pyrrole nitrogens is 1. The van der Waals surface area contributed by atoms with Crippen molar-refractivity contribution >= 4 is 32.6 Å². The largest absolute Gasteiger partial charge is 0.459 e. The number of aromatic nitrogens is 1. The number of sulfonamides is 1. The van der Waals surface area contributed by atoms with E-state index in [0.717, 1.165) is 40.7 Å². The number of nitro benzene ring substituents is 1. The monoisotopic (exact) mass is 445 g/mol. The quantitative estimate of drug-likeness (QED) is 0.326. The number of carbonyl (C=O) groups is 1. The molecule has 1 aromatic heterocycles. The van der Waals surface area contributed by atoms with Crippen LogP contribution in [0.25, 0.3) is 10.9 Å². The standard InChI is InChI=1S/C21H23N3O6S/c1-21(2,3)30-20(25)19(12-14-13-22-18-7-5-4-6-17(14)18)23-31(28,29)16-10-8-15(9-11-16)24(26)27/h4-11,13,19,22-23H,12H2,1-3H3/t19-/m1/s1. The van der Waals surface area contributed by atoms with E-state index in [2.05, 4.69) is 9.71 Å². The van der Waals surface area contributed by atoms with E-state index in [0.29, 0.717) is 0 Å². The number of esters is 1. The fourth-order valence-corrected chi connectivity index (χ4v) is 4.25. The van der Waals surface area contributed by atoms with Gasteiger partial charge in [0.15, 0.2) is 0 Å². The highest BCUT2D eigenvalue weighted by molar-refractivity contribution is 7.89. The molecule has 0 aliphatic heterocycles. The molecule has 31 heavy (non-hydrogen) atoms. The number of hydrogen-bond donors (Lipinski definition) is 2. The number of carbonyl (C=O) groups excluding carboxylic acids is 1. The van der Waals surface area contributed by atoms with Crippen LogP contribution in [0.4, 0.5) is 5.69 Å². The molecule has 1 atom stereocenters. The number of fused-ring (bicyclic) bond motifs is 1. The first kappa shape index (κ1) is 22.4. The Kier molecular flexibility index (Phi) is 6.14. The van der Waals surface area contributed by atoms with Gasteiger partial charge in [-0.3, -0.25) is 14.9 Å². The van der Waals surface area contributed by atoms with Gasteiger partial charge in [-0.05, 0) is 44.5 Å². The molecular weight excluding hydrogens is 422 g/mol. The van der Waals surface area contributed by atoms with Gasteiger partial charge in [0.2, 0.25) is 10.0 Å². The molecule has 2 aromatic carbocycles. The second-order valence-corrected chi connectivity index (χ2v) is 9.74. The van der Waals surface area contributed by atoms with Gasteiger partial charge < -0.3 is 9.72 Å². The Labute approximate surface area is 179 Å². The highest BCUT2D eigenvalue weighted by Crippen LogP contribution is 2.22. The van der Waals surface area contributed by atoms with Crippen LogP contribution in [0.2, 0.25) is 0 Å². The lowest BCUT2D eigenvalue weighted by Crippen LogP contribution is -2.45. The van der Waals surface area contributed by atoms with Gasteiger partial charge in [-0.15, -0.1) is 0 Å². The SMILES string of the molecule is CC(C)(C)OC(=O)[C@@H](Cc1c[nH]c2ccccc12)NS(=O)(=O)c1ccc([N+](=O)[O-])cc1. The molecule has 0 saturated heterocycles. The summed E-state index contributed by atoms with van der Waals surface area (Å²) < 4.78 is 33.6. The summed E-state index contributed by atoms with van der Waals surface area (Å²) >= 11 is 0. The second kappa shape index (κ2) is 8.48. The van der Waals surface area contributed by atoms with Crippen molar-refractivity contribution in [2.75, 3.05) is 0 Å². The molecule has 0 aliphatic rings. The number of ether oxygens (including phenoxy) is 1. The molecule has 3 aromatic rings. The lowest BCUT2D eigenvalue weighted by Gasteiger charge is -2.24. The van der Waals surface area contributed by atoms with Crippen LogP contribution in [0.1, 0.15) is 26.3 Å². The minimum absolute atomic E-state index is 0.0607. The fraction of sp³-hybridized carbons (Fsp3) is 0.286. The summed E-state index contributed by atoms with van der Waals surface area (Å²) in [5.74, 6) is -0.719. The maximum absolute atomic E-state index is 12.9. The predicted molar refractivity (Wildman–Crippen MR) is 115 cm³/mol. The molecule has 0 unspecified atom stereocenters. The van der Waals surface area contributed by atoms with Gasteiger partial charge in [-0.1, -0.05) is 18.2 Å². The second-order valence-electron chi connectivity index (χ2n) is 8.02. The van der Waals surface area contributed by atoms with E-state index in [1.807, 2.05) is 24.3 Å². The minimum Gasteiger partial charge on any atom is -0.459 e. The number of benzene rings is 2. The molecule has 164 valence electrons. The third-order valence-corrected chi connectivity index (χ3v) is 5.93. The fourth-order valence-electron chi connectivity index (χ4n) is 3.07. The molecule has 0 bridgehead atoms. The third-order valence-electron chi connectivity index (χ3n) is 4.45. The van der Waals surface area contributed by atoms with Crippen LogP contribution in [0.15, 0.2) is 59.6 Å². The van der Waals surface area contributed by atoms with Crippen LogP contribution in [-0.4, -0.2) is 35.9 Å². The highest BCUT2D eigenvalue weighted by atomic mass is 32.2. The molecule has 9 nitrogen and oxygen atoms in total. The van der Waals surface area contributed by atoms with Crippen molar-refractivity contribution in [2.45, 2.75) is 43.7 Å². The Hall–Kier alpha value is -3.24. The van der Waals surface area contributed by atoms with E-state index < -0.39 is 32.6 Å². The van der Waals surface area contributed by atoms with E-state index in [-0.39, 0.29) is 17.0 Å². The molecule has 3 rings (SSSR count). The van der Waals surface area contributed by atoms with Gasteiger partial charge in [0.25, 0.3) is 5.69 Å². The first-order chi connectivity index (χ1) is 14.5. The summed E-state index contributed by atoms with van der Waals surface area (Å²) in [5, 5.41) is 11.7. The lowest BCUT2D eigenvalue weighted by atomic mass is 10.1. The van der Waals surface area contributed by atoms with Crippen LogP contribution >= 0.6 is 0 Å². The Morgan fingerprint density at radius 1 is 1.16 bits per heavy atom. The van der Waals surface area contributed by atoms with Crippen LogP contribution in [-0.2, 0) is 26.0 Å². The highest BCUT2D eigenvalue weighted by Gasteiger charge is 2.31. The number of nitrogens with one attached hydrogen (secondary N) is 2. The van der Waals surface area contributed by atoms with Gasteiger partial charge in [0.1, 0.15) is 11.6 Å². The zero-order chi connectivity index (χ0) is 22.8. The maximum Gasteiger partial charge on any atom is 0.325 e. The molecule has 10 heteroatoms. The third kappa shape index (κ3) is 5.47. The summed E-state index contributed by atoms with van der Waals surface area (Å²) in [6.45, 7) is 5.08. The van der Waals surface area contributed by atoms with Crippen molar-refractivity contribution in [1.82, 2.24) is 9.71 Å². The molecule has 0 fully saturated rings. The van der Waals surface area contributed by atoms with Crippen LogP contribution in [0.3, 0.4) is 0 Å². The first-order valence-corrected chi connectivity index (χ1v) is 11.0. The molecule has 0 amide bonds. The molecule has 2 N–H and O–H groups in total. The molecular formula is C21H23N3O6S. The Bertz CT molecular complexity index is 1210. The topological polar surface area (TPSA) is 131 Å². The van der Waals surface area contributed by atoms with Gasteiger partial charge in [0, 0.05) is 35.7 Å². The van der Waals surface area contributed by atoms with Crippen LogP contribution < -0.4 is 4.72 Å². The van der Waals surface area contributed by atoms with Crippen molar-refractivity contribution in [3.63, 3.8) is 0 Å². The van der Waals surface area contributed by atoms with Gasteiger partial charge in [-0.25, -0.2) is 8.42 Å². The maximum atomic E-state index is 12.9. The molecule has 0 saturated carbocycles. The molecule has 0 spiro atoms. The summed E-state index contributed by atoms with van der Waals surface area (Å²) in [6.07, 6.45) is 1.79. The summed E-state index contributed by atoms with van der Waals surface area (Å²) in [4.78, 5) is 25.9.